The summed E-state index contributed by atoms with van der Waals surface area (Å²) >= 11 is 0. The summed E-state index contributed by atoms with van der Waals surface area (Å²) in [5, 5.41) is 3.00. The molecule has 2 heterocycles. The lowest BCUT2D eigenvalue weighted by Crippen LogP contribution is -2.49. The van der Waals surface area contributed by atoms with Crippen LogP contribution in [0.15, 0.2) is 36.5 Å². The lowest BCUT2D eigenvalue weighted by atomic mass is 10.1. The Morgan fingerprint density at radius 1 is 1.30 bits per heavy atom. The molecule has 0 aliphatic carbocycles. The van der Waals surface area contributed by atoms with Gasteiger partial charge in [0.2, 0.25) is 5.88 Å². The van der Waals surface area contributed by atoms with Gasteiger partial charge in [-0.2, -0.15) is 4.98 Å². The molecule has 1 aliphatic rings. The second-order valence-corrected chi connectivity index (χ2v) is 6.60. The number of benzene rings is 1. The highest BCUT2D eigenvalue weighted by Crippen LogP contribution is 2.17. The van der Waals surface area contributed by atoms with Gasteiger partial charge in [0.1, 0.15) is 17.7 Å². The van der Waals surface area contributed by atoms with Crippen LogP contribution in [-0.2, 0) is 6.42 Å². The van der Waals surface area contributed by atoms with E-state index >= 15 is 0 Å². The van der Waals surface area contributed by atoms with E-state index in [9.17, 15) is 4.79 Å². The zero-order valence-corrected chi connectivity index (χ0v) is 15.9. The number of hydrogen-bond donors (Lipinski definition) is 1. The number of carbonyl (C=O) groups is 1. The maximum absolute atomic E-state index is 12.5. The van der Waals surface area contributed by atoms with Crippen LogP contribution >= 0.6 is 0 Å². The number of nitrogens with zero attached hydrogens (tertiary/aromatic N) is 3. The highest BCUT2D eigenvalue weighted by atomic mass is 16.5. The molecule has 0 unspecified atom stereocenters. The molecule has 2 aromatic rings. The maximum atomic E-state index is 12.5. The minimum absolute atomic E-state index is 0.0413. The number of aryl methyl sites for hydroxylation is 1. The molecule has 1 atom stereocenters. The van der Waals surface area contributed by atoms with Crippen molar-refractivity contribution in [1.82, 2.24) is 20.2 Å². The molecule has 144 valence electrons. The van der Waals surface area contributed by atoms with Gasteiger partial charge in [-0.3, -0.25) is 0 Å². The quantitative estimate of drug-likeness (QED) is 0.846. The average Bonchev–Trinajstić information content (AvgIpc) is 2.69. The van der Waals surface area contributed by atoms with Crippen LogP contribution in [0.3, 0.4) is 0 Å². The van der Waals surface area contributed by atoms with Crippen molar-refractivity contribution in [2.45, 2.75) is 32.3 Å². The molecule has 1 aromatic heterocycles. The standard InChI is InChI=1S/C20H26N4O3/c1-15-21-12-10-19(23-15)27-18-4-3-13-24(14-18)20(25)22-11-9-16-5-7-17(26-2)8-6-16/h5-8,10,12,18H,3-4,9,11,13-14H2,1-2H3,(H,22,25)/t18-/m1/s1. The van der Waals surface area contributed by atoms with Gasteiger partial charge in [0.05, 0.1) is 13.7 Å². The number of amides is 2. The third-order valence-electron chi connectivity index (χ3n) is 4.55. The van der Waals surface area contributed by atoms with Crippen molar-refractivity contribution in [3.8, 4) is 11.6 Å². The van der Waals surface area contributed by atoms with E-state index in [0.717, 1.165) is 37.1 Å². The number of rotatable bonds is 6. The van der Waals surface area contributed by atoms with Crippen molar-refractivity contribution in [2.24, 2.45) is 0 Å². The smallest absolute Gasteiger partial charge is 0.317 e. The van der Waals surface area contributed by atoms with Gasteiger partial charge in [-0.25, -0.2) is 9.78 Å². The third-order valence-corrected chi connectivity index (χ3v) is 4.55. The Labute approximate surface area is 159 Å². The Kier molecular flexibility index (Phi) is 6.46. The Bertz CT molecular complexity index is 751. The summed E-state index contributed by atoms with van der Waals surface area (Å²) in [7, 11) is 1.65. The molecule has 2 amide bonds. The number of hydrogen-bond acceptors (Lipinski definition) is 5. The summed E-state index contributed by atoms with van der Waals surface area (Å²) in [6.07, 6.45) is 4.26. The van der Waals surface area contributed by atoms with E-state index in [-0.39, 0.29) is 12.1 Å². The molecular formula is C20H26N4O3. The van der Waals surface area contributed by atoms with Gasteiger partial charge >= 0.3 is 6.03 Å². The van der Waals surface area contributed by atoms with Gasteiger partial charge in [0.15, 0.2) is 0 Å². The fourth-order valence-electron chi connectivity index (χ4n) is 3.11. The lowest BCUT2D eigenvalue weighted by molar-refractivity contribution is 0.0976. The first-order valence-electron chi connectivity index (χ1n) is 9.26. The van der Waals surface area contributed by atoms with Crippen LogP contribution in [0.25, 0.3) is 0 Å². The molecule has 1 saturated heterocycles. The molecule has 1 fully saturated rings. The number of carbonyl (C=O) groups excluding carboxylic acids is 1. The van der Waals surface area contributed by atoms with Crippen LogP contribution < -0.4 is 14.8 Å². The van der Waals surface area contributed by atoms with Crippen LogP contribution in [0.1, 0.15) is 24.2 Å². The fraction of sp³-hybridized carbons (Fsp3) is 0.450. The predicted molar refractivity (Wildman–Crippen MR) is 102 cm³/mol. The average molecular weight is 370 g/mol. The Balaban J connectivity index is 1.44. The minimum Gasteiger partial charge on any atom is -0.497 e. The number of nitrogens with one attached hydrogen (secondary N) is 1. The zero-order valence-electron chi connectivity index (χ0n) is 15.9. The predicted octanol–water partition coefficient (Wildman–Crippen LogP) is 2.59. The zero-order chi connectivity index (χ0) is 19.1. The Hall–Kier alpha value is -2.83. The van der Waals surface area contributed by atoms with Crippen molar-refractivity contribution in [1.29, 1.82) is 0 Å². The van der Waals surface area contributed by atoms with Crippen LogP contribution in [0, 0.1) is 6.92 Å². The topological polar surface area (TPSA) is 76.6 Å². The molecule has 27 heavy (non-hydrogen) atoms. The fourth-order valence-corrected chi connectivity index (χ4v) is 3.11. The highest BCUT2D eigenvalue weighted by Gasteiger charge is 2.25. The molecule has 7 heteroatoms. The number of urea groups is 1. The van der Waals surface area contributed by atoms with Gasteiger partial charge in [-0.1, -0.05) is 12.1 Å². The molecular weight excluding hydrogens is 344 g/mol. The molecule has 1 aliphatic heterocycles. The summed E-state index contributed by atoms with van der Waals surface area (Å²) in [5.74, 6) is 2.08. The number of methoxy groups -OCH3 is 1. The maximum Gasteiger partial charge on any atom is 0.317 e. The van der Waals surface area contributed by atoms with E-state index in [4.69, 9.17) is 9.47 Å². The van der Waals surface area contributed by atoms with Crippen LogP contribution in [-0.4, -0.2) is 53.7 Å². The van der Waals surface area contributed by atoms with E-state index in [1.54, 1.807) is 19.4 Å². The van der Waals surface area contributed by atoms with Crippen LogP contribution in [0.5, 0.6) is 11.6 Å². The molecule has 0 saturated carbocycles. The largest absolute Gasteiger partial charge is 0.497 e. The number of ether oxygens (including phenoxy) is 2. The molecule has 7 nitrogen and oxygen atoms in total. The number of piperidine rings is 1. The van der Waals surface area contributed by atoms with E-state index in [2.05, 4.69) is 15.3 Å². The first-order valence-corrected chi connectivity index (χ1v) is 9.26. The first kappa shape index (κ1) is 18.9. The summed E-state index contributed by atoms with van der Waals surface area (Å²) in [6.45, 7) is 3.74. The molecule has 0 radical (unpaired) electrons. The van der Waals surface area contributed by atoms with Gasteiger partial charge in [0.25, 0.3) is 0 Å². The van der Waals surface area contributed by atoms with E-state index in [1.807, 2.05) is 36.1 Å². The summed E-state index contributed by atoms with van der Waals surface area (Å²) in [4.78, 5) is 22.6. The van der Waals surface area contributed by atoms with Crippen molar-refractivity contribution < 1.29 is 14.3 Å². The first-order chi connectivity index (χ1) is 13.1. The second-order valence-electron chi connectivity index (χ2n) is 6.60. The van der Waals surface area contributed by atoms with Gasteiger partial charge in [-0.05, 0) is 43.9 Å². The number of aromatic nitrogens is 2. The van der Waals surface area contributed by atoms with Crippen LogP contribution in [0.2, 0.25) is 0 Å². The molecule has 1 N–H and O–H groups in total. The van der Waals surface area contributed by atoms with Crippen molar-refractivity contribution >= 4 is 6.03 Å². The molecule has 0 bridgehead atoms. The SMILES string of the molecule is COc1ccc(CCNC(=O)N2CCC[C@@H](Oc3ccnc(C)n3)C2)cc1. The number of likely N-dealkylation sites (tertiary alicyclic amines) is 1. The minimum atomic E-state index is -0.0457. The third kappa shape index (κ3) is 5.57. The van der Waals surface area contributed by atoms with Crippen molar-refractivity contribution in [3.63, 3.8) is 0 Å². The van der Waals surface area contributed by atoms with Gasteiger partial charge < -0.3 is 19.7 Å². The van der Waals surface area contributed by atoms with Crippen molar-refractivity contribution in [3.05, 3.63) is 47.9 Å². The summed E-state index contributed by atoms with van der Waals surface area (Å²) in [6, 6.07) is 9.59. The van der Waals surface area contributed by atoms with E-state index in [0.29, 0.717) is 24.8 Å². The van der Waals surface area contributed by atoms with Crippen LogP contribution in [0.4, 0.5) is 4.79 Å². The molecule has 1 aromatic carbocycles. The molecule has 0 spiro atoms. The summed E-state index contributed by atoms with van der Waals surface area (Å²) in [5.41, 5.74) is 1.16. The Morgan fingerprint density at radius 3 is 2.85 bits per heavy atom. The summed E-state index contributed by atoms with van der Waals surface area (Å²) < 4.78 is 11.1. The van der Waals surface area contributed by atoms with E-state index in [1.165, 1.54) is 0 Å². The van der Waals surface area contributed by atoms with Gasteiger partial charge in [0, 0.05) is 25.4 Å². The lowest BCUT2D eigenvalue weighted by Gasteiger charge is -2.32. The van der Waals surface area contributed by atoms with Crippen molar-refractivity contribution in [2.75, 3.05) is 26.7 Å². The highest BCUT2D eigenvalue weighted by molar-refractivity contribution is 5.74. The molecule has 3 rings (SSSR count). The monoisotopic (exact) mass is 370 g/mol. The normalized spacial score (nSPS) is 16.7. The second kappa shape index (κ2) is 9.21. The Morgan fingerprint density at radius 2 is 2.11 bits per heavy atom. The van der Waals surface area contributed by atoms with E-state index < -0.39 is 0 Å². The van der Waals surface area contributed by atoms with Gasteiger partial charge in [-0.15, -0.1) is 0 Å².